The summed E-state index contributed by atoms with van der Waals surface area (Å²) < 4.78 is 0. The highest BCUT2D eigenvalue weighted by Crippen LogP contribution is 2.12. The van der Waals surface area contributed by atoms with Gasteiger partial charge in [0, 0.05) is 32.7 Å². The Morgan fingerprint density at radius 3 is 2.43 bits per heavy atom. The van der Waals surface area contributed by atoms with Crippen molar-refractivity contribution in [2.45, 2.75) is 44.2 Å². The minimum Gasteiger partial charge on any atom is -0.352 e. The third kappa shape index (κ3) is 7.18. The molecule has 5 amide bonds. The molecule has 1 atom stereocenters. The molecule has 1 heterocycles. The minimum atomic E-state index is -0.543. The average molecular weight is 328 g/mol. The van der Waals surface area contributed by atoms with Crippen LogP contribution in [0.2, 0.25) is 0 Å². The van der Waals surface area contributed by atoms with Crippen molar-refractivity contribution in [2.24, 2.45) is 11.5 Å². The molecule has 0 spiro atoms. The first-order valence-corrected chi connectivity index (χ1v) is 8.00. The zero-order chi connectivity index (χ0) is 17.2. The number of likely N-dealkylation sites (tertiary alicyclic amines) is 1. The van der Waals surface area contributed by atoms with Crippen LogP contribution in [-0.4, -0.2) is 61.6 Å². The fourth-order valence-corrected chi connectivity index (χ4v) is 2.56. The van der Waals surface area contributed by atoms with Crippen LogP contribution in [0.5, 0.6) is 0 Å². The predicted octanol–water partition coefficient (Wildman–Crippen LogP) is -0.928. The van der Waals surface area contributed by atoms with Crippen LogP contribution in [0.4, 0.5) is 9.59 Å². The highest BCUT2D eigenvalue weighted by molar-refractivity contribution is 5.81. The number of carbonyl (C=O) groups excluding carboxylic acids is 3. The van der Waals surface area contributed by atoms with E-state index in [4.69, 9.17) is 11.5 Å². The Labute approximate surface area is 136 Å². The molecule has 1 fully saturated rings. The summed E-state index contributed by atoms with van der Waals surface area (Å²) in [6.07, 6.45) is 3.53. The number of primary amides is 1. The van der Waals surface area contributed by atoms with E-state index in [0.717, 1.165) is 25.7 Å². The van der Waals surface area contributed by atoms with Crippen LogP contribution in [0.1, 0.15) is 32.1 Å². The summed E-state index contributed by atoms with van der Waals surface area (Å²) in [5.41, 5.74) is 10.9. The second-order valence-corrected chi connectivity index (χ2v) is 5.72. The summed E-state index contributed by atoms with van der Waals surface area (Å²) in [5.74, 6) is -0.0498. The lowest BCUT2D eigenvalue weighted by molar-refractivity contribution is -0.133. The molecule has 1 aliphatic heterocycles. The molecule has 0 aromatic rings. The van der Waals surface area contributed by atoms with E-state index in [1.807, 2.05) is 0 Å². The van der Waals surface area contributed by atoms with Crippen molar-refractivity contribution in [3.8, 4) is 0 Å². The van der Waals surface area contributed by atoms with Gasteiger partial charge in [0.05, 0.1) is 6.04 Å². The van der Waals surface area contributed by atoms with E-state index >= 15 is 0 Å². The van der Waals surface area contributed by atoms with Crippen molar-refractivity contribution < 1.29 is 14.4 Å². The van der Waals surface area contributed by atoms with Gasteiger partial charge >= 0.3 is 12.1 Å². The SMILES string of the molecule is CNC(=O)NC1CCN(C(=O)[C@H](N)CCCCNC(N)=O)CC1. The smallest absolute Gasteiger partial charge is 0.314 e. The van der Waals surface area contributed by atoms with E-state index in [1.54, 1.807) is 11.9 Å². The largest absolute Gasteiger partial charge is 0.352 e. The molecule has 23 heavy (non-hydrogen) atoms. The van der Waals surface area contributed by atoms with Gasteiger partial charge in [-0.2, -0.15) is 0 Å². The van der Waals surface area contributed by atoms with Crippen molar-refractivity contribution in [1.82, 2.24) is 20.9 Å². The summed E-state index contributed by atoms with van der Waals surface area (Å²) in [6, 6.07) is -1.17. The summed E-state index contributed by atoms with van der Waals surface area (Å²) >= 11 is 0. The Bertz CT molecular complexity index is 409. The Kier molecular flexibility index (Phi) is 8.17. The molecule has 0 radical (unpaired) electrons. The van der Waals surface area contributed by atoms with Crippen LogP contribution >= 0.6 is 0 Å². The van der Waals surface area contributed by atoms with Crippen molar-refractivity contribution in [3.63, 3.8) is 0 Å². The third-order valence-electron chi connectivity index (χ3n) is 3.93. The van der Waals surface area contributed by atoms with Crippen molar-refractivity contribution in [1.29, 1.82) is 0 Å². The summed E-state index contributed by atoms with van der Waals surface area (Å²) in [4.78, 5) is 35.8. The van der Waals surface area contributed by atoms with Gasteiger partial charge in [0.2, 0.25) is 5.91 Å². The molecule has 7 N–H and O–H groups in total. The summed E-state index contributed by atoms with van der Waals surface area (Å²) in [6.45, 7) is 1.70. The zero-order valence-corrected chi connectivity index (χ0v) is 13.6. The number of unbranched alkanes of at least 4 members (excludes halogenated alkanes) is 1. The Balaban J connectivity index is 2.22. The highest BCUT2D eigenvalue weighted by atomic mass is 16.2. The van der Waals surface area contributed by atoms with E-state index in [0.29, 0.717) is 26.1 Å². The standard InChI is InChI=1S/C14H28N6O3/c1-17-14(23)19-10-5-8-20(9-6-10)12(21)11(15)4-2-3-7-18-13(16)22/h10-11H,2-9,15H2,1H3,(H3,16,18,22)(H2,17,19,23)/t11-/m1/s1. The number of rotatable bonds is 7. The van der Waals surface area contributed by atoms with Crippen LogP contribution < -0.4 is 27.4 Å². The maximum Gasteiger partial charge on any atom is 0.314 e. The molecule has 9 heteroatoms. The lowest BCUT2D eigenvalue weighted by Crippen LogP contribution is -2.51. The lowest BCUT2D eigenvalue weighted by Gasteiger charge is -2.33. The number of hydrogen-bond donors (Lipinski definition) is 5. The van der Waals surface area contributed by atoms with Gasteiger partial charge in [-0.25, -0.2) is 9.59 Å². The molecule has 9 nitrogen and oxygen atoms in total. The van der Waals surface area contributed by atoms with Crippen LogP contribution in [-0.2, 0) is 4.79 Å². The molecule has 1 saturated heterocycles. The number of carbonyl (C=O) groups is 3. The van der Waals surface area contributed by atoms with Crippen LogP contribution in [0, 0.1) is 0 Å². The number of nitrogens with zero attached hydrogens (tertiary/aromatic N) is 1. The second-order valence-electron chi connectivity index (χ2n) is 5.72. The molecule has 1 aliphatic rings. The molecule has 0 aromatic heterocycles. The Morgan fingerprint density at radius 1 is 1.22 bits per heavy atom. The molecular formula is C14H28N6O3. The number of nitrogens with one attached hydrogen (secondary N) is 3. The first kappa shape index (κ1) is 19.0. The van der Waals surface area contributed by atoms with E-state index in [2.05, 4.69) is 16.0 Å². The molecule has 132 valence electrons. The van der Waals surface area contributed by atoms with E-state index < -0.39 is 12.1 Å². The fourth-order valence-electron chi connectivity index (χ4n) is 2.56. The van der Waals surface area contributed by atoms with Gasteiger partial charge in [-0.3, -0.25) is 4.79 Å². The van der Waals surface area contributed by atoms with Crippen LogP contribution in [0.15, 0.2) is 0 Å². The lowest BCUT2D eigenvalue weighted by atomic mass is 10.0. The van der Waals surface area contributed by atoms with E-state index in [9.17, 15) is 14.4 Å². The molecule has 0 aromatic carbocycles. The molecule has 1 rings (SSSR count). The molecule has 0 unspecified atom stereocenters. The minimum absolute atomic E-state index is 0.0498. The van der Waals surface area contributed by atoms with Gasteiger partial charge in [-0.15, -0.1) is 0 Å². The maximum atomic E-state index is 12.3. The Morgan fingerprint density at radius 2 is 1.87 bits per heavy atom. The fraction of sp³-hybridized carbons (Fsp3) is 0.786. The number of nitrogens with two attached hydrogens (primary N) is 2. The number of amides is 5. The third-order valence-corrected chi connectivity index (χ3v) is 3.93. The van der Waals surface area contributed by atoms with E-state index in [1.165, 1.54) is 0 Å². The second kappa shape index (κ2) is 9.88. The normalized spacial score (nSPS) is 16.5. The van der Waals surface area contributed by atoms with Gasteiger partial charge in [-0.1, -0.05) is 0 Å². The van der Waals surface area contributed by atoms with Crippen LogP contribution in [0.3, 0.4) is 0 Å². The molecular weight excluding hydrogens is 300 g/mol. The van der Waals surface area contributed by atoms with Crippen molar-refractivity contribution in [2.75, 3.05) is 26.7 Å². The zero-order valence-electron chi connectivity index (χ0n) is 13.6. The monoisotopic (exact) mass is 328 g/mol. The van der Waals surface area contributed by atoms with Crippen molar-refractivity contribution >= 4 is 18.0 Å². The number of piperidine rings is 1. The Hall–Kier alpha value is -2.03. The molecule has 0 bridgehead atoms. The number of urea groups is 2. The highest BCUT2D eigenvalue weighted by Gasteiger charge is 2.26. The first-order valence-electron chi connectivity index (χ1n) is 8.00. The van der Waals surface area contributed by atoms with Gasteiger partial charge in [-0.05, 0) is 32.1 Å². The van der Waals surface area contributed by atoms with Gasteiger partial charge in [0.1, 0.15) is 0 Å². The van der Waals surface area contributed by atoms with E-state index in [-0.39, 0.29) is 18.0 Å². The van der Waals surface area contributed by atoms with Crippen molar-refractivity contribution in [3.05, 3.63) is 0 Å². The quantitative estimate of drug-likeness (QED) is 0.385. The topological polar surface area (TPSA) is 143 Å². The van der Waals surface area contributed by atoms with Crippen LogP contribution in [0.25, 0.3) is 0 Å². The molecule has 0 saturated carbocycles. The van der Waals surface area contributed by atoms with Gasteiger partial charge < -0.3 is 32.3 Å². The van der Waals surface area contributed by atoms with Gasteiger partial charge in [0.25, 0.3) is 0 Å². The maximum absolute atomic E-state index is 12.3. The summed E-state index contributed by atoms with van der Waals surface area (Å²) in [5, 5.41) is 7.87. The number of hydrogen-bond acceptors (Lipinski definition) is 4. The first-order chi connectivity index (χ1) is 10.9. The van der Waals surface area contributed by atoms with Gasteiger partial charge in [0.15, 0.2) is 0 Å². The summed E-state index contributed by atoms with van der Waals surface area (Å²) in [7, 11) is 1.58. The average Bonchev–Trinajstić information content (AvgIpc) is 2.54. The molecule has 0 aliphatic carbocycles. The predicted molar refractivity (Wildman–Crippen MR) is 86.6 cm³/mol.